The monoisotopic (exact) mass is 478 g/mol. The van der Waals surface area contributed by atoms with E-state index in [9.17, 15) is 0 Å². The molecule has 7 nitrogen and oxygen atoms in total. The van der Waals surface area contributed by atoms with Crippen molar-refractivity contribution < 1.29 is 4.74 Å². The number of thiazole rings is 1. The van der Waals surface area contributed by atoms with Crippen LogP contribution in [-0.4, -0.2) is 59.2 Å². The van der Waals surface area contributed by atoms with Gasteiger partial charge in [0.25, 0.3) is 0 Å². The van der Waals surface area contributed by atoms with Crippen molar-refractivity contribution in [3.05, 3.63) is 35.7 Å². The molecule has 0 saturated carbocycles. The molecule has 34 heavy (non-hydrogen) atoms. The number of nitrogens with one attached hydrogen (secondary N) is 1. The average molecular weight is 479 g/mol. The predicted octanol–water partition coefficient (Wildman–Crippen LogP) is 5.31. The number of anilines is 3. The molecule has 3 aliphatic heterocycles. The van der Waals surface area contributed by atoms with Crippen molar-refractivity contribution in [2.75, 3.05) is 49.6 Å². The standard InChI is InChI=1S/C26H34N6OS/c1-2-12-32(13-3-1)26-29-21-16-25(27-17-23(21)34-26)30-24-7-6-20(19-8-14-33-15-9-19)22(28-24)18-31-10-4-5-11-31/h6-7,16-17,19H,1-5,8-15,18H2,(H,27,28,30). The Morgan fingerprint density at radius 2 is 1.74 bits per heavy atom. The lowest BCUT2D eigenvalue weighted by atomic mass is 9.90. The minimum atomic E-state index is 0.547. The summed E-state index contributed by atoms with van der Waals surface area (Å²) in [5.41, 5.74) is 3.62. The van der Waals surface area contributed by atoms with Gasteiger partial charge >= 0.3 is 0 Å². The summed E-state index contributed by atoms with van der Waals surface area (Å²) in [5.74, 6) is 2.22. The zero-order valence-corrected chi connectivity index (χ0v) is 20.7. The van der Waals surface area contributed by atoms with Crippen LogP contribution in [0.25, 0.3) is 10.2 Å². The molecule has 1 N–H and O–H groups in total. The van der Waals surface area contributed by atoms with E-state index >= 15 is 0 Å². The third kappa shape index (κ3) is 4.90. The van der Waals surface area contributed by atoms with Crippen LogP contribution < -0.4 is 10.2 Å². The first-order valence-corrected chi connectivity index (χ1v) is 13.7. The first-order valence-electron chi connectivity index (χ1n) is 12.9. The van der Waals surface area contributed by atoms with Crippen LogP contribution in [0.2, 0.25) is 0 Å². The van der Waals surface area contributed by atoms with E-state index < -0.39 is 0 Å². The fourth-order valence-electron chi connectivity index (χ4n) is 5.48. The summed E-state index contributed by atoms with van der Waals surface area (Å²) in [4.78, 5) is 19.7. The van der Waals surface area contributed by atoms with Gasteiger partial charge in [0.1, 0.15) is 11.6 Å². The highest BCUT2D eigenvalue weighted by Crippen LogP contribution is 2.33. The number of nitrogens with zero attached hydrogens (tertiary/aromatic N) is 5. The maximum Gasteiger partial charge on any atom is 0.186 e. The van der Waals surface area contributed by atoms with Gasteiger partial charge < -0.3 is 15.0 Å². The molecule has 0 radical (unpaired) electrons. The molecular formula is C26H34N6OS. The van der Waals surface area contributed by atoms with Gasteiger partial charge in [0.15, 0.2) is 5.13 Å². The maximum absolute atomic E-state index is 5.61. The Morgan fingerprint density at radius 3 is 2.56 bits per heavy atom. The van der Waals surface area contributed by atoms with E-state index in [0.29, 0.717) is 5.92 Å². The van der Waals surface area contributed by atoms with Crippen LogP contribution in [-0.2, 0) is 11.3 Å². The Bertz CT molecular complexity index is 1120. The zero-order chi connectivity index (χ0) is 22.7. The minimum Gasteiger partial charge on any atom is -0.381 e. The predicted molar refractivity (Wildman–Crippen MR) is 138 cm³/mol. The van der Waals surface area contributed by atoms with Gasteiger partial charge in [-0.3, -0.25) is 4.90 Å². The van der Waals surface area contributed by atoms with E-state index in [0.717, 1.165) is 72.7 Å². The molecule has 180 valence electrons. The van der Waals surface area contributed by atoms with Gasteiger partial charge in [-0.05, 0) is 75.6 Å². The van der Waals surface area contributed by atoms with Gasteiger partial charge in [-0.2, -0.15) is 0 Å². The number of pyridine rings is 2. The molecule has 3 aromatic rings. The lowest BCUT2D eigenvalue weighted by molar-refractivity contribution is 0.0849. The molecule has 0 aliphatic carbocycles. The summed E-state index contributed by atoms with van der Waals surface area (Å²) >= 11 is 1.75. The maximum atomic E-state index is 5.61. The number of rotatable bonds is 6. The van der Waals surface area contributed by atoms with Crippen molar-refractivity contribution in [2.24, 2.45) is 0 Å². The second-order valence-electron chi connectivity index (χ2n) is 9.81. The van der Waals surface area contributed by atoms with Gasteiger partial charge in [0, 0.05) is 45.1 Å². The van der Waals surface area contributed by atoms with Crippen LogP contribution in [0.5, 0.6) is 0 Å². The van der Waals surface area contributed by atoms with Gasteiger partial charge in [-0.15, -0.1) is 0 Å². The number of hydrogen-bond donors (Lipinski definition) is 1. The summed E-state index contributed by atoms with van der Waals surface area (Å²) in [5, 5.41) is 4.59. The second-order valence-corrected chi connectivity index (χ2v) is 10.8. The smallest absolute Gasteiger partial charge is 0.186 e. The zero-order valence-electron chi connectivity index (χ0n) is 19.8. The molecule has 0 amide bonds. The highest BCUT2D eigenvalue weighted by atomic mass is 32.1. The third-order valence-electron chi connectivity index (χ3n) is 7.39. The molecule has 0 aromatic carbocycles. The summed E-state index contributed by atoms with van der Waals surface area (Å²) in [7, 11) is 0. The highest BCUT2D eigenvalue weighted by molar-refractivity contribution is 7.22. The van der Waals surface area contributed by atoms with Crippen molar-refractivity contribution in [1.82, 2.24) is 19.9 Å². The Kier molecular flexibility index (Phi) is 6.62. The summed E-state index contributed by atoms with van der Waals surface area (Å²) in [6, 6.07) is 6.46. The summed E-state index contributed by atoms with van der Waals surface area (Å²) in [6.07, 6.45) is 10.6. The van der Waals surface area contributed by atoms with Crippen LogP contribution in [0.3, 0.4) is 0 Å². The van der Waals surface area contributed by atoms with E-state index in [1.165, 1.54) is 56.5 Å². The lowest BCUT2D eigenvalue weighted by Gasteiger charge is -2.26. The van der Waals surface area contributed by atoms with Crippen LogP contribution in [0.1, 0.15) is 62.1 Å². The molecule has 8 heteroatoms. The minimum absolute atomic E-state index is 0.547. The molecule has 0 unspecified atom stereocenters. The number of piperidine rings is 1. The average Bonchev–Trinajstić information content (AvgIpc) is 3.55. The topological polar surface area (TPSA) is 66.4 Å². The van der Waals surface area contributed by atoms with Crippen LogP contribution >= 0.6 is 11.3 Å². The third-order valence-corrected chi connectivity index (χ3v) is 8.46. The molecule has 6 rings (SSSR count). The number of fused-ring (bicyclic) bond motifs is 1. The van der Waals surface area contributed by atoms with Gasteiger partial charge in [-0.25, -0.2) is 15.0 Å². The van der Waals surface area contributed by atoms with Crippen molar-refractivity contribution in [3.63, 3.8) is 0 Å². The first kappa shape index (κ1) is 22.2. The number of aromatic nitrogens is 3. The molecule has 6 heterocycles. The highest BCUT2D eigenvalue weighted by Gasteiger charge is 2.23. The summed E-state index contributed by atoms with van der Waals surface area (Å²) < 4.78 is 6.76. The van der Waals surface area contributed by atoms with Crippen LogP contribution in [0.15, 0.2) is 24.4 Å². The summed E-state index contributed by atoms with van der Waals surface area (Å²) in [6.45, 7) is 7.21. The molecule has 0 atom stereocenters. The molecular weight excluding hydrogens is 444 g/mol. The Hall–Kier alpha value is -2.29. The number of ether oxygens (including phenoxy) is 1. The molecule has 3 aliphatic rings. The van der Waals surface area contributed by atoms with E-state index in [4.69, 9.17) is 14.7 Å². The van der Waals surface area contributed by atoms with E-state index in [1.807, 2.05) is 6.20 Å². The van der Waals surface area contributed by atoms with Crippen molar-refractivity contribution >= 4 is 38.3 Å². The Balaban J connectivity index is 1.24. The van der Waals surface area contributed by atoms with E-state index in [-0.39, 0.29) is 0 Å². The van der Waals surface area contributed by atoms with Crippen LogP contribution in [0, 0.1) is 0 Å². The largest absolute Gasteiger partial charge is 0.381 e. The van der Waals surface area contributed by atoms with Crippen molar-refractivity contribution in [2.45, 2.75) is 57.4 Å². The van der Waals surface area contributed by atoms with E-state index in [1.54, 1.807) is 11.3 Å². The molecule has 3 fully saturated rings. The van der Waals surface area contributed by atoms with Gasteiger partial charge in [0.05, 0.1) is 15.9 Å². The Morgan fingerprint density at radius 1 is 0.941 bits per heavy atom. The van der Waals surface area contributed by atoms with Crippen molar-refractivity contribution in [1.29, 1.82) is 0 Å². The quantitative estimate of drug-likeness (QED) is 0.515. The molecule has 3 aromatic heterocycles. The lowest BCUT2D eigenvalue weighted by Crippen LogP contribution is -2.29. The normalized spacial score (nSPS) is 20.3. The van der Waals surface area contributed by atoms with Gasteiger partial charge in [0.2, 0.25) is 0 Å². The van der Waals surface area contributed by atoms with E-state index in [2.05, 4.69) is 38.3 Å². The number of likely N-dealkylation sites (tertiary alicyclic amines) is 1. The van der Waals surface area contributed by atoms with Gasteiger partial charge in [-0.1, -0.05) is 17.4 Å². The second kappa shape index (κ2) is 10.1. The molecule has 3 saturated heterocycles. The van der Waals surface area contributed by atoms with Crippen LogP contribution in [0.4, 0.5) is 16.8 Å². The first-order chi connectivity index (χ1) is 16.8. The number of hydrogen-bond acceptors (Lipinski definition) is 8. The molecule has 0 bridgehead atoms. The SMILES string of the molecule is c1cc(C2CCOCC2)c(CN2CCCC2)nc1Nc1cc2nc(N3CCCCC3)sc2cn1. The Labute approximate surface area is 205 Å². The molecule has 0 spiro atoms. The van der Waals surface area contributed by atoms with Crippen molar-refractivity contribution in [3.8, 4) is 0 Å². The fourth-order valence-corrected chi connectivity index (χ4v) is 6.45. The fraction of sp³-hybridized carbons (Fsp3) is 0.577.